The highest BCUT2D eigenvalue weighted by Gasteiger charge is 1.73. The zero-order valence-electron chi connectivity index (χ0n) is 7.53. The van der Waals surface area contributed by atoms with Crippen LogP contribution in [0.15, 0.2) is 0 Å². The third-order valence-electron chi connectivity index (χ3n) is 0.655. The van der Waals surface area contributed by atoms with Gasteiger partial charge in [-0.2, -0.15) is 0 Å². The molecule has 1 nitrogen and oxygen atoms in total. The fraction of sp³-hybridized carbons (Fsp3) is 1.00. The van der Waals surface area contributed by atoms with Gasteiger partial charge in [-0.1, -0.05) is 13.3 Å². The lowest BCUT2D eigenvalue weighted by atomic mass is 10.3. The summed E-state index contributed by atoms with van der Waals surface area (Å²) in [4.78, 5) is 0. The summed E-state index contributed by atoms with van der Waals surface area (Å²) >= 11 is 0. The maximum Gasteiger partial charge on any atom is 0.0391 e. The first-order valence-corrected chi connectivity index (χ1v) is 2.31. The van der Waals surface area contributed by atoms with Crippen molar-refractivity contribution >= 4 is 12.4 Å². The predicted octanol–water partition coefficient (Wildman–Crippen LogP) is 1.43. The normalized spacial score (nSPS) is 15.9. The molecule has 0 unspecified atom stereocenters. The second kappa shape index (κ2) is 9.54. The molecule has 0 aliphatic carbocycles. The van der Waals surface area contributed by atoms with Gasteiger partial charge in [0.2, 0.25) is 0 Å². The van der Waals surface area contributed by atoms with Crippen LogP contribution in [0.25, 0.3) is 0 Å². The second-order valence-corrected chi connectivity index (χ2v) is 1.28. The van der Waals surface area contributed by atoms with Crippen LogP contribution in [0.5, 0.6) is 0 Å². The molecule has 0 bridgehead atoms. The van der Waals surface area contributed by atoms with Crippen LogP contribution in [-0.4, -0.2) is 13.5 Å². The highest BCUT2D eigenvalue weighted by Crippen LogP contribution is 1.79. The summed E-state index contributed by atoms with van der Waals surface area (Å²) in [6.07, 6.45) is 1.96. The van der Waals surface area contributed by atoms with Crippen LogP contribution < -0.4 is 5.32 Å². The first kappa shape index (κ1) is 4.16. The zero-order valence-corrected chi connectivity index (χ0v) is 5.35. The van der Waals surface area contributed by atoms with E-state index >= 15 is 0 Å². The van der Waals surface area contributed by atoms with E-state index in [1.54, 1.807) is 0 Å². The van der Waals surface area contributed by atoms with Gasteiger partial charge in [-0.05, 0) is 19.9 Å². The van der Waals surface area contributed by atoms with Crippen LogP contribution in [0, 0.1) is 0 Å². The van der Waals surface area contributed by atoms with Crippen LogP contribution >= 0.6 is 12.4 Å². The molecule has 46 valence electrons. The predicted molar refractivity (Wildman–Crippen MR) is 36.1 cm³/mol. The zero-order chi connectivity index (χ0) is 7.33. The lowest BCUT2D eigenvalue weighted by molar-refractivity contribution is 0.711. The third-order valence-corrected chi connectivity index (χ3v) is 0.655. The molecule has 1 N–H and O–H groups in total. The van der Waals surface area contributed by atoms with Gasteiger partial charge >= 0.3 is 0 Å². The molecule has 0 aliphatic heterocycles. The second-order valence-electron chi connectivity index (χ2n) is 1.28. The molecule has 0 amide bonds. The highest BCUT2D eigenvalue weighted by molar-refractivity contribution is 5.85. The van der Waals surface area contributed by atoms with E-state index in [9.17, 15) is 0 Å². The minimum Gasteiger partial charge on any atom is -0.320 e. The summed E-state index contributed by atoms with van der Waals surface area (Å²) in [5.74, 6) is 0. The molecule has 2 heteroatoms. The smallest absolute Gasteiger partial charge is 0.0391 e. The molecule has 0 aromatic heterocycles. The van der Waals surface area contributed by atoms with Gasteiger partial charge in [0.25, 0.3) is 0 Å². The van der Waals surface area contributed by atoms with Gasteiger partial charge in [-0.3, -0.25) is 0 Å². The Bertz CT molecular complexity index is 73.8. The van der Waals surface area contributed by atoms with Crippen molar-refractivity contribution in [2.24, 2.45) is 0 Å². The molecular formula is C5H14ClN. The standard InChI is InChI=1S/C5H13N.ClH/c1-3-4-5-6-2;/h6H,3-5H2,1-2H3;1H/i2D3;. The van der Waals surface area contributed by atoms with E-state index in [4.69, 9.17) is 4.11 Å². The summed E-state index contributed by atoms with van der Waals surface area (Å²) in [6, 6.07) is 0. The molecule has 0 aliphatic rings. The fourth-order valence-electron chi connectivity index (χ4n) is 0.265. The highest BCUT2D eigenvalue weighted by atomic mass is 35.5. The molecular weight excluding hydrogens is 110 g/mol. The molecule has 0 fully saturated rings. The summed E-state index contributed by atoms with van der Waals surface area (Å²) < 4.78 is 20.2. The average Bonchev–Trinajstić information content (AvgIpc) is 1.63. The van der Waals surface area contributed by atoms with E-state index in [1.807, 2.05) is 6.92 Å². The van der Waals surface area contributed by atoms with E-state index in [1.165, 1.54) is 0 Å². The van der Waals surface area contributed by atoms with Crippen LogP contribution in [-0.2, 0) is 0 Å². The number of unbranched alkanes of at least 4 members (excludes halogenated alkanes) is 1. The fourth-order valence-corrected chi connectivity index (χ4v) is 0.265. The Balaban J connectivity index is 0. The van der Waals surface area contributed by atoms with Crippen LogP contribution in [0.2, 0.25) is 0 Å². The van der Waals surface area contributed by atoms with Crippen molar-refractivity contribution in [2.45, 2.75) is 19.8 Å². The number of hydrogen-bond acceptors (Lipinski definition) is 1. The summed E-state index contributed by atoms with van der Waals surface area (Å²) in [7, 11) is 0. The molecule has 0 saturated heterocycles. The quantitative estimate of drug-likeness (QED) is 0.565. The van der Waals surface area contributed by atoms with Gasteiger partial charge in [0, 0.05) is 4.11 Å². The Morgan fingerprint density at radius 1 is 1.71 bits per heavy atom. The van der Waals surface area contributed by atoms with Crippen molar-refractivity contribution in [3.63, 3.8) is 0 Å². The Labute approximate surface area is 56.1 Å². The molecule has 0 spiro atoms. The molecule has 0 aromatic carbocycles. The Morgan fingerprint density at radius 2 is 2.43 bits per heavy atom. The van der Waals surface area contributed by atoms with Gasteiger partial charge in [-0.25, -0.2) is 0 Å². The number of halogens is 1. The molecule has 0 radical (unpaired) electrons. The van der Waals surface area contributed by atoms with Crippen molar-refractivity contribution in [3.8, 4) is 0 Å². The third kappa shape index (κ3) is 10.7. The summed E-state index contributed by atoms with van der Waals surface area (Å²) in [5, 5.41) is 2.42. The summed E-state index contributed by atoms with van der Waals surface area (Å²) in [5.41, 5.74) is 0. The number of hydrogen-bond donors (Lipinski definition) is 1. The average molecular weight is 127 g/mol. The molecule has 7 heavy (non-hydrogen) atoms. The maximum absolute atomic E-state index is 6.73. The van der Waals surface area contributed by atoms with Gasteiger partial charge in [-0.15, -0.1) is 12.4 Å². The van der Waals surface area contributed by atoms with Crippen molar-refractivity contribution in [1.29, 1.82) is 0 Å². The first-order valence-electron chi connectivity index (χ1n) is 3.81. The minimum atomic E-state index is -1.95. The number of rotatable bonds is 3. The molecule has 0 aromatic rings. The molecule has 0 atom stereocenters. The maximum atomic E-state index is 6.73. The van der Waals surface area contributed by atoms with E-state index in [2.05, 4.69) is 5.32 Å². The molecule has 0 rings (SSSR count). The van der Waals surface area contributed by atoms with E-state index in [-0.39, 0.29) is 12.4 Å². The van der Waals surface area contributed by atoms with Crippen molar-refractivity contribution in [1.82, 2.24) is 5.32 Å². The van der Waals surface area contributed by atoms with E-state index in [0.717, 1.165) is 12.8 Å². The lowest BCUT2D eigenvalue weighted by Gasteiger charge is -1.89. The molecule has 0 heterocycles. The Morgan fingerprint density at radius 3 is 2.86 bits per heavy atom. The monoisotopic (exact) mass is 126 g/mol. The largest absolute Gasteiger partial charge is 0.320 e. The van der Waals surface area contributed by atoms with Gasteiger partial charge in [0.05, 0.1) is 0 Å². The Kier molecular flexibility index (Phi) is 5.67. The lowest BCUT2D eigenvalue weighted by Crippen LogP contribution is -2.06. The number of nitrogens with one attached hydrogen (secondary N) is 1. The van der Waals surface area contributed by atoms with Crippen molar-refractivity contribution in [3.05, 3.63) is 0 Å². The van der Waals surface area contributed by atoms with E-state index < -0.39 is 6.98 Å². The topological polar surface area (TPSA) is 12.0 Å². The van der Waals surface area contributed by atoms with E-state index in [0.29, 0.717) is 6.54 Å². The van der Waals surface area contributed by atoms with Gasteiger partial charge < -0.3 is 5.32 Å². The van der Waals surface area contributed by atoms with Crippen LogP contribution in [0.1, 0.15) is 23.9 Å². The Hall–Kier alpha value is 0.250. The van der Waals surface area contributed by atoms with Crippen LogP contribution in [0.3, 0.4) is 0 Å². The SMILES string of the molecule is Cl.[2H]C([2H])([2H])NCCCC. The van der Waals surface area contributed by atoms with Crippen molar-refractivity contribution < 1.29 is 4.11 Å². The van der Waals surface area contributed by atoms with Gasteiger partial charge in [0.15, 0.2) is 0 Å². The molecule has 0 saturated carbocycles. The minimum absolute atomic E-state index is 0. The summed E-state index contributed by atoms with van der Waals surface area (Å²) in [6.45, 7) is 0.670. The van der Waals surface area contributed by atoms with Crippen LogP contribution in [0.4, 0.5) is 0 Å². The first-order chi connectivity index (χ1) is 4.06. The van der Waals surface area contributed by atoms with Crippen molar-refractivity contribution in [2.75, 3.05) is 13.5 Å². The van der Waals surface area contributed by atoms with Gasteiger partial charge in [0.1, 0.15) is 0 Å².